The molecular formula is C27H32F4N4O6S. The van der Waals surface area contributed by atoms with Gasteiger partial charge in [0.2, 0.25) is 21.8 Å². The zero-order chi connectivity index (χ0) is 30.9. The molecule has 0 aromatic heterocycles. The molecule has 4 rings (SSSR count). The quantitative estimate of drug-likeness (QED) is 0.370. The number of aliphatic hydroxyl groups excluding tert-OH is 1. The number of aliphatic hydroxyl groups is 1. The number of benzene rings is 2. The van der Waals surface area contributed by atoms with Gasteiger partial charge in [0, 0.05) is 26.6 Å². The Morgan fingerprint density at radius 1 is 1.21 bits per heavy atom. The summed E-state index contributed by atoms with van der Waals surface area (Å²) in [6.45, 7) is 2.57. The number of hydrogen-bond acceptors (Lipinski definition) is 7. The van der Waals surface area contributed by atoms with Crippen LogP contribution in [0.3, 0.4) is 0 Å². The van der Waals surface area contributed by atoms with E-state index in [1.54, 1.807) is 13.0 Å². The lowest BCUT2D eigenvalue weighted by atomic mass is 9.88. The van der Waals surface area contributed by atoms with Gasteiger partial charge in [-0.1, -0.05) is 12.1 Å². The number of hydrogen-bond donors (Lipinski definition) is 3. The van der Waals surface area contributed by atoms with E-state index in [2.05, 4.69) is 15.4 Å². The Morgan fingerprint density at radius 2 is 1.90 bits per heavy atom. The normalized spacial score (nSPS) is 19.1. The molecular weight excluding hydrogens is 584 g/mol. The fourth-order valence-corrected chi connectivity index (χ4v) is 6.80. The molecule has 0 radical (unpaired) electrons. The number of rotatable bonds is 9. The van der Waals surface area contributed by atoms with Crippen molar-refractivity contribution >= 4 is 27.5 Å². The number of carbonyl (C=O) groups excluding carboxylic acids is 2. The number of halogens is 4. The van der Waals surface area contributed by atoms with E-state index in [-0.39, 0.29) is 62.9 Å². The molecule has 2 amide bonds. The largest absolute Gasteiger partial charge is 0.573 e. The number of piperidine rings is 1. The molecule has 2 aromatic rings. The average Bonchev–Trinajstić information content (AvgIpc) is 3.22. The molecule has 0 aliphatic carbocycles. The SMILES string of the molecule is CC(=O)N(CCO)c1cc(C)c(CCS(=O)(=O)N2CCC3(CC2)NC(c2cccc(OC(F)(F)F)c2)NC3=O)cc1F. The third kappa shape index (κ3) is 7.02. The minimum atomic E-state index is -4.86. The van der Waals surface area contributed by atoms with Crippen LogP contribution in [0.15, 0.2) is 36.4 Å². The summed E-state index contributed by atoms with van der Waals surface area (Å²) in [5.74, 6) is -2.26. The first kappa shape index (κ1) is 31.7. The molecule has 0 saturated carbocycles. The van der Waals surface area contributed by atoms with Crippen molar-refractivity contribution in [2.24, 2.45) is 0 Å². The molecule has 230 valence electrons. The first-order chi connectivity index (χ1) is 19.6. The van der Waals surface area contributed by atoms with Gasteiger partial charge in [-0.25, -0.2) is 17.1 Å². The van der Waals surface area contributed by atoms with Gasteiger partial charge in [-0.15, -0.1) is 13.2 Å². The molecule has 1 spiro atoms. The monoisotopic (exact) mass is 616 g/mol. The van der Waals surface area contributed by atoms with E-state index in [1.807, 2.05) is 0 Å². The fourth-order valence-electron chi connectivity index (χ4n) is 5.32. The van der Waals surface area contributed by atoms with Gasteiger partial charge in [-0.3, -0.25) is 14.9 Å². The lowest BCUT2D eigenvalue weighted by Crippen LogP contribution is -2.55. The summed E-state index contributed by atoms with van der Waals surface area (Å²) < 4.78 is 84.3. The Hall–Kier alpha value is -3.27. The van der Waals surface area contributed by atoms with E-state index < -0.39 is 45.6 Å². The lowest BCUT2D eigenvalue weighted by Gasteiger charge is -2.37. The van der Waals surface area contributed by atoms with Crippen molar-refractivity contribution in [3.05, 3.63) is 58.9 Å². The van der Waals surface area contributed by atoms with Crippen LogP contribution in [0.1, 0.15) is 42.6 Å². The first-order valence-corrected chi connectivity index (χ1v) is 14.9. The molecule has 2 aliphatic heterocycles. The van der Waals surface area contributed by atoms with Gasteiger partial charge >= 0.3 is 6.36 Å². The van der Waals surface area contributed by atoms with Crippen LogP contribution in [-0.2, 0) is 26.0 Å². The maximum atomic E-state index is 14.9. The number of nitrogens with zero attached hydrogens (tertiary/aromatic N) is 2. The Balaban J connectivity index is 1.38. The molecule has 1 atom stereocenters. The molecule has 3 N–H and O–H groups in total. The number of alkyl halides is 3. The van der Waals surface area contributed by atoms with Crippen molar-refractivity contribution in [3.8, 4) is 5.75 Å². The smallest absolute Gasteiger partial charge is 0.406 e. The molecule has 2 aromatic carbocycles. The van der Waals surface area contributed by atoms with Crippen molar-refractivity contribution in [1.82, 2.24) is 14.9 Å². The van der Waals surface area contributed by atoms with E-state index in [9.17, 15) is 40.7 Å². The number of sulfonamides is 1. The molecule has 42 heavy (non-hydrogen) atoms. The van der Waals surface area contributed by atoms with E-state index in [1.165, 1.54) is 35.5 Å². The highest BCUT2D eigenvalue weighted by Gasteiger charge is 2.49. The second kappa shape index (κ2) is 12.1. The number of anilines is 1. The van der Waals surface area contributed by atoms with Crippen molar-refractivity contribution in [2.75, 3.05) is 36.9 Å². The summed E-state index contributed by atoms with van der Waals surface area (Å²) in [5, 5.41) is 15.1. The van der Waals surface area contributed by atoms with E-state index in [0.29, 0.717) is 16.7 Å². The second-order valence-corrected chi connectivity index (χ2v) is 12.4. The highest BCUT2D eigenvalue weighted by Crippen LogP contribution is 2.34. The van der Waals surface area contributed by atoms with Crippen molar-refractivity contribution < 1.29 is 45.4 Å². The molecule has 15 heteroatoms. The van der Waals surface area contributed by atoms with Gasteiger partial charge in [0.25, 0.3) is 0 Å². The lowest BCUT2D eigenvalue weighted by molar-refractivity contribution is -0.274. The fraction of sp³-hybridized carbons (Fsp3) is 0.481. The van der Waals surface area contributed by atoms with Crippen LogP contribution in [0.25, 0.3) is 0 Å². The third-order valence-electron chi connectivity index (χ3n) is 7.55. The number of aryl methyl sites for hydroxylation is 2. The molecule has 10 nitrogen and oxygen atoms in total. The summed E-state index contributed by atoms with van der Waals surface area (Å²) in [7, 11) is -3.78. The van der Waals surface area contributed by atoms with Gasteiger partial charge in [-0.05, 0) is 67.1 Å². The van der Waals surface area contributed by atoms with Crippen LogP contribution < -0.4 is 20.3 Å². The summed E-state index contributed by atoms with van der Waals surface area (Å²) in [6.07, 6.45) is -5.35. The predicted octanol–water partition coefficient (Wildman–Crippen LogP) is 2.50. The number of amides is 2. The van der Waals surface area contributed by atoms with Gasteiger partial charge in [0.15, 0.2) is 0 Å². The summed E-state index contributed by atoms with van der Waals surface area (Å²) >= 11 is 0. The zero-order valence-electron chi connectivity index (χ0n) is 23.0. The van der Waals surface area contributed by atoms with Gasteiger partial charge in [-0.2, -0.15) is 0 Å². The van der Waals surface area contributed by atoms with Crippen LogP contribution in [0.5, 0.6) is 5.75 Å². The van der Waals surface area contributed by atoms with E-state index >= 15 is 0 Å². The third-order valence-corrected chi connectivity index (χ3v) is 9.43. The Morgan fingerprint density at radius 3 is 2.52 bits per heavy atom. The average molecular weight is 617 g/mol. The molecule has 2 fully saturated rings. The van der Waals surface area contributed by atoms with Crippen molar-refractivity contribution in [3.63, 3.8) is 0 Å². The van der Waals surface area contributed by atoms with E-state index in [0.717, 1.165) is 11.0 Å². The predicted molar refractivity (Wildman–Crippen MR) is 144 cm³/mol. The van der Waals surface area contributed by atoms with Crippen LogP contribution in [-0.4, -0.2) is 73.5 Å². The molecule has 2 heterocycles. The Kier molecular flexibility index (Phi) is 9.16. The highest BCUT2D eigenvalue weighted by molar-refractivity contribution is 7.89. The minimum absolute atomic E-state index is 0.00207. The topological polar surface area (TPSA) is 128 Å². The van der Waals surface area contributed by atoms with Gasteiger partial charge in [0.1, 0.15) is 23.3 Å². The van der Waals surface area contributed by atoms with Crippen LogP contribution in [0.2, 0.25) is 0 Å². The molecule has 2 aliphatic rings. The molecule has 0 bridgehead atoms. The zero-order valence-corrected chi connectivity index (χ0v) is 23.8. The minimum Gasteiger partial charge on any atom is -0.406 e. The molecule has 2 saturated heterocycles. The van der Waals surface area contributed by atoms with Crippen molar-refractivity contribution in [1.29, 1.82) is 0 Å². The van der Waals surface area contributed by atoms with Crippen LogP contribution in [0, 0.1) is 12.7 Å². The maximum Gasteiger partial charge on any atom is 0.573 e. The molecule has 1 unspecified atom stereocenters. The first-order valence-electron chi connectivity index (χ1n) is 13.2. The number of carbonyl (C=O) groups is 2. The Labute approximate surface area is 240 Å². The van der Waals surface area contributed by atoms with Gasteiger partial charge in [0.05, 0.1) is 18.0 Å². The summed E-state index contributed by atoms with van der Waals surface area (Å²) in [5.41, 5.74) is 0.309. The second-order valence-electron chi connectivity index (χ2n) is 10.3. The standard InChI is InChI=1S/C27H32F4N4O6S/c1-17-14-23(35(11-12-36)18(2)37)22(28)16-19(17)6-13-42(39,40)34-9-7-26(8-10-34)25(38)32-24(33-26)20-4-3-5-21(15-20)41-27(29,30)31/h3-5,14-16,24,33,36H,6-13H2,1-2H3,(H,32,38). The van der Waals surface area contributed by atoms with E-state index in [4.69, 9.17) is 0 Å². The highest BCUT2D eigenvalue weighted by atomic mass is 32.2. The van der Waals surface area contributed by atoms with Crippen molar-refractivity contribution in [2.45, 2.75) is 51.2 Å². The Bertz CT molecular complexity index is 1440. The summed E-state index contributed by atoms with van der Waals surface area (Å²) in [6, 6.07) is 7.88. The van der Waals surface area contributed by atoms with Gasteiger partial charge < -0.3 is 20.1 Å². The van der Waals surface area contributed by atoms with Crippen LogP contribution in [0.4, 0.5) is 23.2 Å². The summed E-state index contributed by atoms with van der Waals surface area (Å²) in [4.78, 5) is 25.9. The number of ether oxygens (including phenoxy) is 1. The number of nitrogens with one attached hydrogen (secondary N) is 2. The van der Waals surface area contributed by atoms with Crippen LogP contribution >= 0.6 is 0 Å². The maximum absolute atomic E-state index is 14.9.